The smallest absolute Gasteiger partial charge is 0.242 e. The quantitative estimate of drug-likeness (QED) is 0.654. The maximum Gasteiger partial charge on any atom is 0.242 e. The van der Waals surface area contributed by atoms with Gasteiger partial charge in [-0.15, -0.1) is 0 Å². The van der Waals surface area contributed by atoms with Crippen LogP contribution in [0, 0.1) is 0 Å². The Morgan fingerprint density at radius 3 is 2.11 bits per heavy atom. The highest BCUT2D eigenvalue weighted by molar-refractivity contribution is 9.10. The maximum atomic E-state index is 13.1. The van der Waals surface area contributed by atoms with E-state index in [-0.39, 0.29) is 23.8 Å². The summed E-state index contributed by atoms with van der Waals surface area (Å²) in [6.45, 7) is 7.89. The Hall–Kier alpha value is -1.85. The lowest BCUT2D eigenvalue weighted by Gasteiger charge is -2.31. The summed E-state index contributed by atoms with van der Waals surface area (Å²) in [5.74, 6) is -0.282. The number of carbonyl (C=O) groups excluding carboxylic acids is 2. The van der Waals surface area contributed by atoms with Crippen LogP contribution in [0.2, 0.25) is 5.02 Å². The van der Waals surface area contributed by atoms with Crippen LogP contribution in [-0.2, 0) is 22.6 Å². The van der Waals surface area contributed by atoms with Crippen LogP contribution in [-0.4, -0.2) is 28.3 Å². The van der Waals surface area contributed by atoms with Gasteiger partial charge in [0.05, 0.1) is 6.42 Å². The zero-order chi connectivity index (χ0) is 20.9. The number of carbonyl (C=O) groups is 2. The molecule has 0 heterocycles. The van der Waals surface area contributed by atoms with Crippen molar-refractivity contribution < 1.29 is 9.59 Å². The van der Waals surface area contributed by atoms with Crippen molar-refractivity contribution in [1.82, 2.24) is 10.2 Å². The lowest BCUT2D eigenvalue weighted by molar-refractivity contribution is -0.140. The van der Waals surface area contributed by atoms with Crippen LogP contribution >= 0.6 is 27.5 Å². The second-order valence-electron chi connectivity index (χ2n) is 7.87. The van der Waals surface area contributed by atoms with E-state index in [4.69, 9.17) is 11.6 Å². The predicted octanol–water partition coefficient (Wildman–Crippen LogP) is 4.98. The van der Waals surface area contributed by atoms with E-state index < -0.39 is 6.04 Å². The zero-order valence-corrected chi connectivity index (χ0v) is 19.0. The third kappa shape index (κ3) is 6.95. The summed E-state index contributed by atoms with van der Waals surface area (Å²) >= 11 is 9.35. The van der Waals surface area contributed by atoms with Gasteiger partial charge in [0.2, 0.25) is 11.8 Å². The van der Waals surface area contributed by atoms with E-state index in [2.05, 4.69) is 21.2 Å². The molecule has 0 aliphatic rings. The van der Waals surface area contributed by atoms with Gasteiger partial charge in [0.1, 0.15) is 6.04 Å². The molecule has 28 heavy (non-hydrogen) atoms. The summed E-state index contributed by atoms with van der Waals surface area (Å²) in [6, 6.07) is 14.3. The van der Waals surface area contributed by atoms with Crippen LogP contribution in [0.3, 0.4) is 0 Å². The Balaban J connectivity index is 2.23. The first kappa shape index (κ1) is 22.4. The van der Waals surface area contributed by atoms with Crippen LogP contribution in [0.1, 0.15) is 38.8 Å². The van der Waals surface area contributed by atoms with Gasteiger partial charge in [0.25, 0.3) is 0 Å². The second kappa shape index (κ2) is 9.57. The Kier molecular flexibility index (Phi) is 7.67. The van der Waals surface area contributed by atoms with Gasteiger partial charge < -0.3 is 10.2 Å². The van der Waals surface area contributed by atoms with Crippen molar-refractivity contribution in [2.24, 2.45) is 0 Å². The van der Waals surface area contributed by atoms with E-state index in [1.165, 1.54) is 0 Å². The number of amides is 2. The van der Waals surface area contributed by atoms with Crippen LogP contribution in [0.5, 0.6) is 0 Å². The van der Waals surface area contributed by atoms with E-state index >= 15 is 0 Å². The number of nitrogens with one attached hydrogen (secondary N) is 1. The van der Waals surface area contributed by atoms with Crippen molar-refractivity contribution in [3.63, 3.8) is 0 Å². The highest BCUT2D eigenvalue weighted by Gasteiger charge is 2.28. The predicted molar refractivity (Wildman–Crippen MR) is 117 cm³/mol. The van der Waals surface area contributed by atoms with Crippen LogP contribution < -0.4 is 5.32 Å². The highest BCUT2D eigenvalue weighted by atomic mass is 79.9. The molecule has 0 saturated heterocycles. The molecule has 6 heteroatoms. The van der Waals surface area contributed by atoms with Crippen molar-refractivity contribution in [3.8, 4) is 0 Å². The third-order valence-electron chi connectivity index (χ3n) is 4.20. The number of halogens is 2. The Morgan fingerprint density at radius 1 is 1.04 bits per heavy atom. The first-order chi connectivity index (χ1) is 13.0. The van der Waals surface area contributed by atoms with Gasteiger partial charge in [-0.3, -0.25) is 9.59 Å². The number of benzene rings is 2. The summed E-state index contributed by atoms with van der Waals surface area (Å²) in [5.41, 5.74) is 1.45. The molecule has 0 aliphatic heterocycles. The summed E-state index contributed by atoms with van der Waals surface area (Å²) in [5, 5.41) is 3.59. The summed E-state index contributed by atoms with van der Waals surface area (Å²) < 4.78 is 0.966. The molecule has 1 unspecified atom stereocenters. The standard InChI is InChI=1S/C22H26BrClN2O2/c1-15(21(28)25-22(2,3)4)26(14-17-5-9-18(23)10-6-17)20(27)13-16-7-11-19(24)12-8-16/h5-12,15H,13-14H2,1-4H3,(H,25,28). The van der Waals surface area contributed by atoms with Crippen LogP contribution in [0.25, 0.3) is 0 Å². The molecular weight excluding hydrogens is 440 g/mol. The van der Waals surface area contributed by atoms with E-state index in [9.17, 15) is 9.59 Å². The van der Waals surface area contributed by atoms with Gasteiger partial charge in [-0.05, 0) is 63.1 Å². The molecular formula is C22H26BrClN2O2. The average Bonchev–Trinajstić information content (AvgIpc) is 2.61. The molecule has 0 aromatic heterocycles. The average molecular weight is 466 g/mol. The molecule has 0 saturated carbocycles. The van der Waals surface area contributed by atoms with Crippen molar-refractivity contribution in [1.29, 1.82) is 0 Å². The molecule has 0 fully saturated rings. The summed E-state index contributed by atoms with van der Waals surface area (Å²) in [6.07, 6.45) is 0.209. The zero-order valence-electron chi connectivity index (χ0n) is 16.6. The van der Waals surface area contributed by atoms with Crippen molar-refractivity contribution in [2.45, 2.75) is 52.2 Å². The minimum atomic E-state index is -0.595. The Labute approximate surface area is 180 Å². The molecule has 2 aromatic rings. The monoisotopic (exact) mass is 464 g/mol. The molecule has 1 atom stereocenters. The third-order valence-corrected chi connectivity index (χ3v) is 4.98. The van der Waals surface area contributed by atoms with Gasteiger partial charge in [-0.1, -0.05) is 51.8 Å². The second-order valence-corrected chi connectivity index (χ2v) is 9.22. The first-order valence-electron chi connectivity index (χ1n) is 9.15. The van der Waals surface area contributed by atoms with Crippen molar-refractivity contribution in [3.05, 3.63) is 69.2 Å². The van der Waals surface area contributed by atoms with E-state index in [1.807, 2.05) is 57.2 Å². The van der Waals surface area contributed by atoms with Gasteiger partial charge in [0.15, 0.2) is 0 Å². The molecule has 150 valence electrons. The topological polar surface area (TPSA) is 49.4 Å². The molecule has 2 rings (SSSR count). The molecule has 0 aliphatic carbocycles. The van der Waals surface area contributed by atoms with E-state index in [0.29, 0.717) is 11.6 Å². The minimum absolute atomic E-state index is 0.109. The Morgan fingerprint density at radius 2 is 1.57 bits per heavy atom. The van der Waals surface area contributed by atoms with Crippen LogP contribution in [0.4, 0.5) is 0 Å². The lowest BCUT2D eigenvalue weighted by atomic mass is 10.1. The van der Waals surface area contributed by atoms with E-state index in [1.54, 1.807) is 24.0 Å². The molecule has 2 amide bonds. The van der Waals surface area contributed by atoms with Crippen LogP contribution in [0.15, 0.2) is 53.0 Å². The molecule has 4 nitrogen and oxygen atoms in total. The molecule has 2 aromatic carbocycles. The maximum absolute atomic E-state index is 13.1. The van der Waals surface area contributed by atoms with Gasteiger partial charge in [0, 0.05) is 21.6 Å². The van der Waals surface area contributed by atoms with E-state index in [0.717, 1.165) is 15.6 Å². The SMILES string of the molecule is CC(C(=O)NC(C)(C)C)N(Cc1ccc(Br)cc1)C(=O)Cc1ccc(Cl)cc1. The highest BCUT2D eigenvalue weighted by Crippen LogP contribution is 2.17. The summed E-state index contributed by atoms with van der Waals surface area (Å²) in [4.78, 5) is 27.4. The largest absolute Gasteiger partial charge is 0.350 e. The van der Waals surface area contributed by atoms with Gasteiger partial charge >= 0.3 is 0 Å². The molecule has 0 bridgehead atoms. The molecule has 1 N–H and O–H groups in total. The van der Waals surface area contributed by atoms with Crippen molar-refractivity contribution >= 4 is 39.3 Å². The number of hydrogen-bond donors (Lipinski definition) is 1. The van der Waals surface area contributed by atoms with Gasteiger partial charge in [-0.2, -0.15) is 0 Å². The number of hydrogen-bond acceptors (Lipinski definition) is 2. The normalized spacial score (nSPS) is 12.4. The summed E-state index contributed by atoms with van der Waals surface area (Å²) in [7, 11) is 0. The number of nitrogens with zero attached hydrogens (tertiary/aromatic N) is 1. The fraction of sp³-hybridized carbons (Fsp3) is 0.364. The molecule has 0 radical (unpaired) electrons. The Bertz CT molecular complexity index is 814. The fourth-order valence-corrected chi connectivity index (χ4v) is 3.11. The van der Waals surface area contributed by atoms with Crippen molar-refractivity contribution in [2.75, 3.05) is 0 Å². The fourth-order valence-electron chi connectivity index (χ4n) is 2.72. The molecule has 0 spiro atoms. The number of rotatable bonds is 6. The lowest BCUT2D eigenvalue weighted by Crippen LogP contribution is -2.52. The first-order valence-corrected chi connectivity index (χ1v) is 10.3. The minimum Gasteiger partial charge on any atom is -0.350 e. The van der Waals surface area contributed by atoms with Gasteiger partial charge in [-0.25, -0.2) is 0 Å².